The molecular weight excluding hydrogens is 258 g/mol. The van der Waals surface area contributed by atoms with Crippen LogP contribution >= 0.6 is 15.9 Å². The Hall–Kier alpha value is -0.770. The highest BCUT2D eigenvalue weighted by Gasteiger charge is 2.15. The maximum absolute atomic E-state index is 11.8. The van der Waals surface area contributed by atoms with E-state index in [1.165, 1.54) is 0 Å². The Labute approximate surface area is 98.4 Å². The molecule has 0 aliphatic carbocycles. The molecule has 1 heterocycles. The molecule has 4 heteroatoms. The van der Waals surface area contributed by atoms with Gasteiger partial charge < -0.3 is 9.73 Å². The minimum atomic E-state index is -0.0492. The molecule has 0 aromatic carbocycles. The Balaban J connectivity index is 2.68. The van der Waals surface area contributed by atoms with Crippen molar-refractivity contribution in [3.8, 4) is 0 Å². The van der Waals surface area contributed by atoms with Gasteiger partial charge in [0.1, 0.15) is 5.76 Å². The summed E-state index contributed by atoms with van der Waals surface area (Å²) in [6, 6.07) is 1.90. The van der Waals surface area contributed by atoms with E-state index in [0.29, 0.717) is 5.56 Å². The molecule has 0 aliphatic heterocycles. The molecule has 1 unspecified atom stereocenters. The van der Waals surface area contributed by atoms with Gasteiger partial charge in [0.25, 0.3) is 5.91 Å². The second kappa shape index (κ2) is 5.95. The van der Waals surface area contributed by atoms with E-state index >= 15 is 0 Å². The number of hydrogen-bond acceptors (Lipinski definition) is 2. The summed E-state index contributed by atoms with van der Waals surface area (Å²) in [6.45, 7) is 4.01. The molecule has 0 bridgehead atoms. The first kappa shape index (κ1) is 12.3. The van der Waals surface area contributed by atoms with Crippen molar-refractivity contribution in [1.82, 2.24) is 5.32 Å². The molecule has 0 aliphatic rings. The quantitative estimate of drug-likeness (QED) is 0.839. The van der Waals surface area contributed by atoms with Crippen molar-refractivity contribution in [3.05, 3.63) is 23.7 Å². The van der Waals surface area contributed by atoms with E-state index in [1.807, 2.05) is 13.8 Å². The minimum Gasteiger partial charge on any atom is -0.469 e. The standard InChI is InChI=1S/C11H16BrNO2/c1-3-8(7-12)13-11(14)9-5-6-15-10(9)4-2/h5-6,8H,3-4,7H2,1-2H3,(H,13,14). The van der Waals surface area contributed by atoms with E-state index in [0.717, 1.165) is 23.9 Å². The number of furan rings is 1. The van der Waals surface area contributed by atoms with Crippen molar-refractivity contribution in [2.75, 3.05) is 5.33 Å². The van der Waals surface area contributed by atoms with Gasteiger partial charge >= 0.3 is 0 Å². The fraction of sp³-hybridized carbons (Fsp3) is 0.545. The summed E-state index contributed by atoms with van der Waals surface area (Å²) in [6.07, 6.45) is 3.21. The Morgan fingerprint density at radius 1 is 1.60 bits per heavy atom. The Morgan fingerprint density at radius 3 is 2.87 bits per heavy atom. The van der Waals surface area contributed by atoms with Gasteiger partial charge in [-0.3, -0.25) is 4.79 Å². The first-order chi connectivity index (χ1) is 7.22. The van der Waals surface area contributed by atoms with E-state index in [-0.39, 0.29) is 11.9 Å². The fourth-order valence-electron chi connectivity index (χ4n) is 1.33. The van der Waals surface area contributed by atoms with E-state index < -0.39 is 0 Å². The van der Waals surface area contributed by atoms with Crippen LogP contribution in [0.1, 0.15) is 36.4 Å². The van der Waals surface area contributed by atoms with Gasteiger partial charge in [-0.15, -0.1) is 0 Å². The third kappa shape index (κ3) is 3.09. The lowest BCUT2D eigenvalue weighted by Gasteiger charge is -2.13. The molecule has 0 saturated heterocycles. The van der Waals surface area contributed by atoms with E-state index in [4.69, 9.17) is 4.42 Å². The fourth-order valence-corrected chi connectivity index (χ4v) is 1.95. The molecule has 3 nitrogen and oxygen atoms in total. The normalized spacial score (nSPS) is 12.5. The highest BCUT2D eigenvalue weighted by Crippen LogP contribution is 2.11. The number of alkyl halides is 1. The van der Waals surface area contributed by atoms with Crippen molar-refractivity contribution in [3.63, 3.8) is 0 Å². The molecule has 84 valence electrons. The van der Waals surface area contributed by atoms with Gasteiger partial charge in [-0.1, -0.05) is 29.8 Å². The molecule has 0 radical (unpaired) electrons. The largest absolute Gasteiger partial charge is 0.469 e. The van der Waals surface area contributed by atoms with E-state index in [9.17, 15) is 4.79 Å². The van der Waals surface area contributed by atoms with Gasteiger partial charge in [-0.05, 0) is 12.5 Å². The number of amides is 1. The van der Waals surface area contributed by atoms with Gasteiger partial charge in [0.05, 0.1) is 11.8 Å². The van der Waals surface area contributed by atoms with Crippen molar-refractivity contribution in [2.24, 2.45) is 0 Å². The molecule has 0 spiro atoms. The molecular formula is C11H16BrNO2. The second-order valence-corrected chi connectivity index (χ2v) is 3.99. The van der Waals surface area contributed by atoms with Gasteiger partial charge in [-0.2, -0.15) is 0 Å². The van der Waals surface area contributed by atoms with Gasteiger partial charge in [-0.25, -0.2) is 0 Å². The number of hydrogen-bond donors (Lipinski definition) is 1. The van der Waals surface area contributed by atoms with Crippen molar-refractivity contribution < 1.29 is 9.21 Å². The molecule has 1 N–H and O–H groups in total. The van der Waals surface area contributed by atoms with Crippen LogP contribution in [0.4, 0.5) is 0 Å². The summed E-state index contributed by atoms with van der Waals surface area (Å²) in [5, 5.41) is 3.72. The molecule has 0 saturated carbocycles. The number of nitrogens with one attached hydrogen (secondary N) is 1. The van der Waals surface area contributed by atoms with Gasteiger partial charge in [0.15, 0.2) is 0 Å². The summed E-state index contributed by atoms with van der Waals surface area (Å²) in [7, 11) is 0. The summed E-state index contributed by atoms with van der Waals surface area (Å²) < 4.78 is 5.21. The lowest BCUT2D eigenvalue weighted by molar-refractivity contribution is 0.0938. The van der Waals surface area contributed by atoms with Crippen molar-refractivity contribution >= 4 is 21.8 Å². The van der Waals surface area contributed by atoms with Crippen LogP contribution in [0.2, 0.25) is 0 Å². The smallest absolute Gasteiger partial charge is 0.255 e. The third-order valence-corrected chi connectivity index (χ3v) is 3.11. The van der Waals surface area contributed by atoms with Crippen LogP contribution in [0.5, 0.6) is 0 Å². The van der Waals surface area contributed by atoms with Gasteiger partial charge in [0.2, 0.25) is 0 Å². The summed E-state index contributed by atoms with van der Waals surface area (Å²) in [5.74, 6) is 0.698. The molecule has 1 rings (SSSR count). The van der Waals surface area contributed by atoms with Crippen molar-refractivity contribution in [2.45, 2.75) is 32.7 Å². The number of rotatable bonds is 5. The van der Waals surface area contributed by atoms with Crippen LogP contribution in [-0.2, 0) is 6.42 Å². The van der Waals surface area contributed by atoms with Crippen LogP contribution in [0.25, 0.3) is 0 Å². The lowest BCUT2D eigenvalue weighted by Crippen LogP contribution is -2.35. The number of aryl methyl sites for hydroxylation is 1. The number of halogens is 1. The highest BCUT2D eigenvalue weighted by atomic mass is 79.9. The Kier molecular flexibility index (Phi) is 4.88. The average molecular weight is 274 g/mol. The number of carbonyl (C=O) groups excluding carboxylic acids is 1. The topological polar surface area (TPSA) is 42.2 Å². The van der Waals surface area contributed by atoms with Crippen LogP contribution < -0.4 is 5.32 Å². The highest BCUT2D eigenvalue weighted by molar-refractivity contribution is 9.09. The zero-order valence-corrected chi connectivity index (χ0v) is 10.6. The third-order valence-electron chi connectivity index (χ3n) is 2.33. The van der Waals surface area contributed by atoms with E-state index in [2.05, 4.69) is 21.2 Å². The maximum atomic E-state index is 11.8. The van der Waals surface area contributed by atoms with Crippen LogP contribution in [0, 0.1) is 0 Å². The Bertz CT molecular complexity index is 318. The lowest BCUT2D eigenvalue weighted by atomic mass is 10.2. The second-order valence-electron chi connectivity index (χ2n) is 3.34. The average Bonchev–Trinajstić information content (AvgIpc) is 2.73. The van der Waals surface area contributed by atoms with Crippen molar-refractivity contribution in [1.29, 1.82) is 0 Å². The minimum absolute atomic E-state index is 0.0492. The predicted molar refractivity (Wildman–Crippen MR) is 63.4 cm³/mol. The maximum Gasteiger partial charge on any atom is 0.255 e. The number of carbonyl (C=O) groups is 1. The van der Waals surface area contributed by atoms with Gasteiger partial charge in [0, 0.05) is 17.8 Å². The first-order valence-corrected chi connectivity index (χ1v) is 6.28. The molecule has 1 amide bonds. The Morgan fingerprint density at radius 2 is 2.33 bits per heavy atom. The first-order valence-electron chi connectivity index (χ1n) is 5.16. The van der Waals surface area contributed by atoms with E-state index in [1.54, 1.807) is 12.3 Å². The molecule has 0 fully saturated rings. The summed E-state index contributed by atoms with van der Waals surface area (Å²) >= 11 is 3.37. The SMILES string of the molecule is CCc1occc1C(=O)NC(CC)CBr. The monoisotopic (exact) mass is 273 g/mol. The predicted octanol–water partition coefficient (Wildman–Crippen LogP) is 2.75. The molecule has 1 atom stereocenters. The molecule has 1 aromatic heterocycles. The van der Waals surface area contributed by atoms with Crippen LogP contribution in [0.15, 0.2) is 16.7 Å². The van der Waals surface area contributed by atoms with Crippen LogP contribution in [0.3, 0.4) is 0 Å². The molecule has 15 heavy (non-hydrogen) atoms. The molecule has 1 aromatic rings. The van der Waals surface area contributed by atoms with Crippen LogP contribution in [-0.4, -0.2) is 17.3 Å². The zero-order chi connectivity index (χ0) is 11.3. The summed E-state index contributed by atoms with van der Waals surface area (Å²) in [4.78, 5) is 11.8. The summed E-state index contributed by atoms with van der Waals surface area (Å²) in [5.41, 5.74) is 0.650. The zero-order valence-electron chi connectivity index (χ0n) is 9.05.